The fourth-order valence-corrected chi connectivity index (χ4v) is 1.43. The van der Waals surface area contributed by atoms with Gasteiger partial charge in [-0.3, -0.25) is 4.79 Å². The highest BCUT2D eigenvalue weighted by Crippen LogP contribution is 2.02. The minimum Gasteiger partial charge on any atom is -0.465 e. The first kappa shape index (κ1) is 12.7. The Morgan fingerprint density at radius 3 is 2.94 bits per heavy atom. The second-order valence-electron chi connectivity index (χ2n) is 3.67. The third-order valence-electron chi connectivity index (χ3n) is 2.22. The first-order valence-corrected chi connectivity index (χ1v) is 5.80. The maximum Gasteiger partial charge on any atom is 0.327 e. The quantitative estimate of drug-likeness (QED) is 0.522. The van der Waals surface area contributed by atoms with Gasteiger partial charge in [0.25, 0.3) is 0 Å². The van der Waals surface area contributed by atoms with Crippen LogP contribution < -0.4 is 0 Å². The molecule has 0 bridgehead atoms. The fourth-order valence-electron chi connectivity index (χ4n) is 1.43. The van der Waals surface area contributed by atoms with E-state index >= 15 is 0 Å². The molecule has 0 aliphatic rings. The Hall–Kier alpha value is -1.39. The van der Waals surface area contributed by atoms with Crippen molar-refractivity contribution in [3.63, 3.8) is 0 Å². The van der Waals surface area contributed by atoms with Gasteiger partial charge in [-0.15, -0.1) is 5.10 Å². The van der Waals surface area contributed by atoms with Crippen molar-refractivity contribution in [1.82, 2.24) is 15.0 Å². The van der Waals surface area contributed by atoms with E-state index in [4.69, 9.17) is 4.74 Å². The van der Waals surface area contributed by atoms with Crippen molar-refractivity contribution in [2.75, 3.05) is 6.61 Å². The van der Waals surface area contributed by atoms with E-state index in [-0.39, 0.29) is 12.5 Å². The van der Waals surface area contributed by atoms with Crippen molar-refractivity contribution in [3.05, 3.63) is 11.9 Å². The van der Waals surface area contributed by atoms with Crippen LogP contribution in [0.5, 0.6) is 0 Å². The van der Waals surface area contributed by atoms with Crippen LogP contribution in [-0.4, -0.2) is 27.6 Å². The predicted octanol–water partition coefficient (Wildman–Crippen LogP) is 1.57. The van der Waals surface area contributed by atoms with Crippen molar-refractivity contribution in [1.29, 1.82) is 0 Å². The molecule has 0 N–H and O–H groups in total. The Labute approximate surface area is 95.8 Å². The molecule has 5 nitrogen and oxygen atoms in total. The maximum atomic E-state index is 11.2. The number of aromatic nitrogens is 3. The highest BCUT2D eigenvalue weighted by atomic mass is 16.5. The Balaban J connectivity index is 2.36. The number of carbonyl (C=O) groups is 1. The number of esters is 1. The molecular formula is C11H19N3O2. The first-order valence-electron chi connectivity index (χ1n) is 5.80. The highest BCUT2D eigenvalue weighted by molar-refractivity contribution is 5.68. The Bertz CT molecular complexity index is 323. The zero-order valence-corrected chi connectivity index (χ0v) is 9.98. The lowest BCUT2D eigenvalue weighted by molar-refractivity contribution is -0.144. The van der Waals surface area contributed by atoms with Crippen LogP contribution in [-0.2, 0) is 22.5 Å². The summed E-state index contributed by atoms with van der Waals surface area (Å²) in [6.07, 6.45) is 6.25. The molecule has 16 heavy (non-hydrogen) atoms. The van der Waals surface area contributed by atoms with Gasteiger partial charge < -0.3 is 4.74 Å². The van der Waals surface area contributed by atoms with Gasteiger partial charge in [-0.05, 0) is 19.8 Å². The molecule has 0 aliphatic heterocycles. The van der Waals surface area contributed by atoms with Gasteiger partial charge in [-0.2, -0.15) is 0 Å². The molecule has 1 rings (SSSR count). The molecular weight excluding hydrogens is 206 g/mol. The van der Waals surface area contributed by atoms with Gasteiger partial charge in [0, 0.05) is 6.20 Å². The summed E-state index contributed by atoms with van der Waals surface area (Å²) in [6.45, 7) is 4.50. The van der Waals surface area contributed by atoms with E-state index < -0.39 is 0 Å². The largest absolute Gasteiger partial charge is 0.465 e. The lowest BCUT2D eigenvalue weighted by Crippen LogP contribution is -2.13. The summed E-state index contributed by atoms with van der Waals surface area (Å²) in [4.78, 5) is 11.2. The summed E-state index contributed by atoms with van der Waals surface area (Å²) in [5.41, 5.74) is 0.942. The fraction of sp³-hybridized carbons (Fsp3) is 0.727. The van der Waals surface area contributed by atoms with E-state index in [2.05, 4.69) is 17.2 Å². The molecule has 1 heterocycles. The third kappa shape index (κ3) is 4.42. The van der Waals surface area contributed by atoms with Gasteiger partial charge >= 0.3 is 5.97 Å². The molecule has 90 valence electrons. The lowest BCUT2D eigenvalue weighted by atomic mass is 10.2. The number of hydrogen-bond acceptors (Lipinski definition) is 4. The minimum atomic E-state index is -0.271. The summed E-state index contributed by atoms with van der Waals surface area (Å²) < 4.78 is 6.35. The highest BCUT2D eigenvalue weighted by Gasteiger charge is 2.06. The number of aryl methyl sites for hydroxylation is 1. The molecule has 0 saturated heterocycles. The normalized spacial score (nSPS) is 10.4. The Morgan fingerprint density at radius 2 is 2.25 bits per heavy atom. The van der Waals surface area contributed by atoms with Crippen LogP contribution in [0.4, 0.5) is 0 Å². The second kappa shape index (κ2) is 6.98. The third-order valence-corrected chi connectivity index (χ3v) is 2.22. The summed E-state index contributed by atoms with van der Waals surface area (Å²) in [7, 11) is 0. The van der Waals surface area contributed by atoms with Crippen LogP contribution in [0.2, 0.25) is 0 Å². The SMILES string of the molecule is CCCCCc1cn(CC(=O)OCC)nn1. The van der Waals surface area contributed by atoms with Crippen LogP contribution in [0.3, 0.4) is 0 Å². The zero-order valence-electron chi connectivity index (χ0n) is 9.98. The van der Waals surface area contributed by atoms with Crippen molar-refractivity contribution in [2.45, 2.75) is 46.1 Å². The average Bonchev–Trinajstić information content (AvgIpc) is 2.66. The predicted molar refractivity (Wildman–Crippen MR) is 59.9 cm³/mol. The van der Waals surface area contributed by atoms with E-state index in [1.165, 1.54) is 17.5 Å². The summed E-state index contributed by atoms with van der Waals surface area (Å²) in [6, 6.07) is 0. The zero-order chi connectivity index (χ0) is 11.8. The Kier molecular flexibility index (Phi) is 5.53. The van der Waals surface area contributed by atoms with Crippen LogP contribution in [0, 0.1) is 0 Å². The van der Waals surface area contributed by atoms with E-state index in [1.54, 1.807) is 6.92 Å². The standard InChI is InChI=1S/C11H19N3O2/c1-3-5-6-7-10-8-14(13-12-10)9-11(15)16-4-2/h8H,3-7,9H2,1-2H3. The van der Waals surface area contributed by atoms with Gasteiger partial charge in [0.2, 0.25) is 0 Å². The molecule has 0 atom stereocenters. The number of carbonyl (C=O) groups excluding carboxylic acids is 1. The molecule has 0 aliphatic carbocycles. The summed E-state index contributed by atoms with van der Waals surface area (Å²) in [5, 5.41) is 7.89. The molecule has 0 aromatic carbocycles. The van der Waals surface area contributed by atoms with Crippen LogP contribution in [0.25, 0.3) is 0 Å². The second-order valence-corrected chi connectivity index (χ2v) is 3.67. The first-order chi connectivity index (χ1) is 7.76. The number of rotatable bonds is 7. The van der Waals surface area contributed by atoms with Crippen molar-refractivity contribution < 1.29 is 9.53 Å². The van der Waals surface area contributed by atoms with Gasteiger partial charge in [-0.25, -0.2) is 4.68 Å². The van der Waals surface area contributed by atoms with Crippen molar-refractivity contribution >= 4 is 5.97 Å². The average molecular weight is 225 g/mol. The van der Waals surface area contributed by atoms with Crippen LogP contribution in [0.1, 0.15) is 38.8 Å². The number of hydrogen-bond donors (Lipinski definition) is 0. The minimum absolute atomic E-state index is 0.147. The van der Waals surface area contributed by atoms with Gasteiger partial charge in [0.1, 0.15) is 6.54 Å². The molecule has 0 fully saturated rings. The molecule has 5 heteroatoms. The van der Waals surface area contributed by atoms with E-state index in [9.17, 15) is 4.79 Å². The van der Waals surface area contributed by atoms with E-state index in [1.807, 2.05) is 6.20 Å². The molecule has 1 aromatic heterocycles. The molecule has 0 amide bonds. The van der Waals surface area contributed by atoms with Gasteiger partial charge in [0.15, 0.2) is 0 Å². The van der Waals surface area contributed by atoms with E-state index in [0.29, 0.717) is 6.61 Å². The van der Waals surface area contributed by atoms with Crippen molar-refractivity contribution in [2.24, 2.45) is 0 Å². The Morgan fingerprint density at radius 1 is 1.44 bits per heavy atom. The molecule has 0 saturated carbocycles. The maximum absolute atomic E-state index is 11.2. The summed E-state index contributed by atoms with van der Waals surface area (Å²) in [5.74, 6) is -0.271. The van der Waals surface area contributed by atoms with Gasteiger partial charge in [0.05, 0.1) is 12.3 Å². The van der Waals surface area contributed by atoms with Gasteiger partial charge in [-0.1, -0.05) is 25.0 Å². The summed E-state index contributed by atoms with van der Waals surface area (Å²) >= 11 is 0. The topological polar surface area (TPSA) is 57.0 Å². The molecule has 0 unspecified atom stereocenters. The number of ether oxygens (including phenoxy) is 1. The lowest BCUT2D eigenvalue weighted by Gasteiger charge is -1.99. The number of unbranched alkanes of at least 4 members (excludes halogenated alkanes) is 2. The number of nitrogens with zero attached hydrogens (tertiary/aromatic N) is 3. The monoisotopic (exact) mass is 225 g/mol. The molecule has 0 spiro atoms. The molecule has 1 aromatic rings. The van der Waals surface area contributed by atoms with E-state index in [0.717, 1.165) is 18.5 Å². The van der Waals surface area contributed by atoms with Crippen LogP contribution >= 0.6 is 0 Å². The van der Waals surface area contributed by atoms with Crippen molar-refractivity contribution in [3.8, 4) is 0 Å². The van der Waals surface area contributed by atoms with Crippen LogP contribution in [0.15, 0.2) is 6.20 Å². The molecule has 0 radical (unpaired) electrons. The smallest absolute Gasteiger partial charge is 0.327 e.